The summed E-state index contributed by atoms with van der Waals surface area (Å²) in [5.74, 6) is -0.0661. The molecule has 0 saturated heterocycles. The van der Waals surface area contributed by atoms with Gasteiger partial charge in [-0.05, 0) is 26.2 Å². The van der Waals surface area contributed by atoms with Crippen molar-refractivity contribution in [3.8, 4) is 6.07 Å². The summed E-state index contributed by atoms with van der Waals surface area (Å²) in [4.78, 5) is 11.6. The highest BCUT2D eigenvalue weighted by atomic mass is 16.2. The Bertz CT molecular complexity index is 251. The number of rotatable bonds is 5. The SMILES string of the molecule is CCCCC(C)NC(=O)C1(C#N)CC1. The van der Waals surface area contributed by atoms with Gasteiger partial charge in [0.2, 0.25) is 5.91 Å². The van der Waals surface area contributed by atoms with E-state index in [1.807, 2.05) is 6.92 Å². The molecule has 1 saturated carbocycles. The molecule has 0 aromatic carbocycles. The van der Waals surface area contributed by atoms with Gasteiger partial charge in [0.1, 0.15) is 5.41 Å². The van der Waals surface area contributed by atoms with Gasteiger partial charge < -0.3 is 5.32 Å². The fourth-order valence-corrected chi connectivity index (χ4v) is 1.46. The highest BCUT2D eigenvalue weighted by Crippen LogP contribution is 2.45. The van der Waals surface area contributed by atoms with Crippen LogP contribution in [0.5, 0.6) is 0 Å². The number of hydrogen-bond donors (Lipinski definition) is 1. The van der Waals surface area contributed by atoms with E-state index >= 15 is 0 Å². The van der Waals surface area contributed by atoms with Crippen LogP contribution in [0.4, 0.5) is 0 Å². The van der Waals surface area contributed by atoms with Crippen molar-refractivity contribution >= 4 is 5.91 Å². The summed E-state index contributed by atoms with van der Waals surface area (Å²) in [5.41, 5.74) is -0.666. The van der Waals surface area contributed by atoms with Crippen LogP contribution in [-0.2, 0) is 4.79 Å². The predicted molar refractivity (Wildman–Crippen MR) is 54.4 cm³/mol. The Labute approximate surface area is 85.5 Å². The molecule has 0 bridgehead atoms. The smallest absolute Gasteiger partial charge is 0.240 e. The molecule has 1 unspecified atom stereocenters. The van der Waals surface area contributed by atoms with Gasteiger partial charge in [0.15, 0.2) is 0 Å². The van der Waals surface area contributed by atoms with Crippen molar-refractivity contribution in [2.24, 2.45) is 5.41 Å². The Morgan fingerprint density at radius 1 is 1.64 bits per heavy atom. The second kappa shape index (κ2) is 4.45. The monoisotopic (exact) mass is 194 g/mol. The van der Waals surface area contributed by atoms with Gasteiger partial charge in [-0.3, -0.25) is 4.79 Å². The Balaban J connectivity index is 2.31. The molecule has 0 aliphatic heterocycles. The van der Waals surface area contributed by atoms with Crippen molar-refractivity contribution in [3.63, 3.8) is 0 Å². The fourth-order valence-electron chi connectivity index (χ4n) is 1.46. The molecule has 0 aromatic rings. The first-order chi connectivity index (χ1) is 6.64. The molecule has 78 valence electrons. The quantitative estimate of drug-likeness (QED) is 0.727. The first-order valence-corrected chi connectivity index (χ1v) is 5.37. The summed E-state index contributed by atoms with van der Waals surface area (Å²) in [5, 5.41) is 11.7. The van der Waals surface area contributed by atoms with Gasteiger partial charge in [-0.1, -0.05) is 19.8 Å². The van der Waals surface area contributed by atoms with Gasteiger partial charge >= 0.3 is 0 Å². The third-order valence-electron chi connectivity index (χ3n) is 2.77. The standard InChI is InChI=1S/C11H18N2O/c1-3-4-5-9(2)13-10(14)11(8-12)6-7-11/h9H,3-7H2,1-2H3,(H,13,14). The van der Waals surface area contributed by atoms with Crippen LogP contribution in [0.25, 0.3) is 0 Å². The minimum absolute atomic E-state index is 0.0661. The second-order valence-electron chi connectivity index (χ2n) is 4.21. The summed E-state index contributed by atoms with van der Waals surface area (Å²) in [6.07, 6.45) is 4.74. The van der Waals surface area contributed by atoms with Gasteiger partial charge in [0.25, 0.3) is 0 Å². The van der Waals surface area contributed by atoms with Crippen molar-refractivity contribution in [2.45, 2.75) is 52.0 Å². The van der Waals surface area contributed by atoms with Crippen LogP contribution in [0, 0.1) is 16.7 Å². The van der Waals surface area contributed by atoms with Crippen molar-refractivity contribution in [1.82, 2.24) is 5.32 Å². The van der Waals surface area contributed by atoms with Crippen LogP contribution in [0.2, 0.25) is 0 Å². The fraction of sp³-hybridized carbons (Fsp3) is 0.818. The Morgan fingerprint density at radius 2 is 2.29 bits per heavy atom. The van der Waals surface area contributed by atoms with Crippen LogP contribution in [-0.4, -0.2) is 11.9 Å². The third kappa shape index (κ3) is 2.47. The summed E-state index contributed by atoms with van der Waals surface area (Å²) >= 11 is 0. The molecular formula is C11H18N2O. The summed E-state index contributed by atoms with van der Waals surface area (Å²) < 4.78 is 0. The van der Waals surface area contributed by atoms with E-state index in [1.165, 1.54) is 0 Å². The molecule has 1 amide bonds. The van der Waals surface area contributed by atoms with Crippen LogP contribution in [0.15, 0.2) is 0 Å². The molecule has 1 aliphatic carbocycles. The van der Waals surface area contributed by atoms with Gasteiger partial charge in [-0.25, -0.2) is 0 Å². The van der Waals surface area contributed by atoms with Crippen molar-refractivity contribution < 1.29 is 4.79 Å². The van der Waals surface area contributed by atoms with Gasteiger partial charge in [-0.15, -0.1) is 0 Å². The molecular weight excluding hydrogens is 176 g/mol. The normalized spacial score (nSPS) is 19.5. The van der Waals surface area contributed by atoms with E-state index in [0.717, 1.165) is 32.1 Å². The Kier molecular flexibility index (Phi) is 3.51. The largest absolute Gasteiger partial charge is 0.352 e. The Hall–Kier alpha value is -1.04. The van der Waals surface area contributed by atoms with E-state index in [2.05, 4.69) is 18.3 Å². The molecule has 0 spiro atoms. The molecule has 14 heavy (non-hydrogen) atoms. The number of hydrogen-bond acceptors (Lipinski definition) is 2. The molecule has 3 heteroatoms. The van der Waals surface area contributed by atoms with E-state index in [4.69, 9.17) is 5.26 Å². The molecule has 1 N–H and O–H groups in total. The lowest BCUT2D eigenvalue weighted by molar-refractivity contribution is -0.125. The van der Waals surface area contributed by atoms with Gasteiger partial charge in [0.05, 0.1) is 6.07 Å². The molecule has 1 fully saturated rings. The zero-order valence-electron chi connectivity index (χ0n) is 8.97. The van der Waals surface area contributed by atoms with E-state index < -0.39 is 5.41 Å². The number of nitriles is 1. The Morgan fingerprint density at radius 3 is 2.71 bits per heavy atom. The van der Waals surface area contributed by atoms with Crippen molar-refractivity contribution in [3.05, 3.63) is 0 Å². The minimum atomic E-state index is -0.666. The van der Waals surface area contributed by atoms with E-state index in [1.54, 1.807) is 0 Å². The first-order valence-electron chi connectivity index (χ1n) is 5.37. The number of nitrogens with one attached hydrogen (secondary N) is 1. The van der Waals surface area contributed by atoms with Gasteiger partial charge in [-0.2, -0.15) is 5.26 Å². The lowest BCUT2D eigenvalue weighted by Gasteiger charge is -2.15. The lowest BCUT2D eigenvalue weighted by Crippen LogP contribution is -2.37. The summed E-state index contributed by atoms with van der Waals surface area (Å²) in [6, 6.07) is 2.30. The zero-order chi connectivity index (χ0) is 10.6. The molecule has 0 heterocycles. The maximum atomic E-state index is 11.6. The maximum absolute atomic E-state index is 11.6. The number of carbonyl (C=O) groups excluding carboxylic acids is 1. The van der Waals surface area contributed by atoms with Crippen LogP contribution < -0.4 is 5.32 Å². The van der Waals surface area contributed by atoms with Crippen LogP contribution in [0.1, 0.15) is 46.0 Å². The minimum Gasteiger partial charge on any atom is -0.352 e. The van der Waals surface area contributed by atoms with Crippen LogP contribution in [0.3, 0.4) is 0 Å². The van der Waals surface area contributed by atoms with Crippen molar-refractivity contribution in [2.75, 3.05) is 0 Å². The molecule has 0 aromatic heterocycles. The predicted octanol–water partition coefficient (Wildman–Crippen LogP) is 1.99. The van der Waals surface area contributed by atoms with E-state index in [9.17, 15) is 4.79 Å². The average Bonchev–Trinajstić information content (AvgIpc) is 2.95. The topological polar surface area (TPSA) is 52.9 Å². The summed E-state index contributed by atoms with van der Waals surface area (Å²) in [7, 11) is 0. The summed E-state index contributed by atoms with van der Waals surface area (Å²) in [6.45, 7) is 4.13. The molecule has 0 radical (unpaired) electrons. The first kappa shape index (κ1) is 11.0. The average molecular weight is 194 g/mol. The van der Waals surface area contributed by atoms with E-state index in [0.29, 0.717) is 0 Å². The van der Waals surface area contributed by atoms with Gasteiger partial charge in [0, 0.05) is 6.04 Å². The highest BCUT2D eigenvalue weighted by molar-refractivity contribution is 5.88. The molecule has 1 aliphatic rings. The number of amides is 1. The van der Waals surface area contributed by atoms with Crippen molar-refractivity contribution in [1.29, 1.82) is 5.26 Å². The number of unbranched alkanes of at least 4 members (excludes halogenated alkanes) is 1. The second-order valence-corrected chi connectivity index (χ2v) is 4.21. The van der Waals surface area contributed by atoms with Crippen LogP contribution >= 0.6 is 0 Å². The number of nitrogens with zero attached hydrogens (tertiary/aromatic N) is 1. The highest BCUT2D eigenvalue weighted by Gasteiger charge is 2.50. The molecule has 3 nitrogen and oxygen atoms in total. The number of carbonyl (C=O) groups is 1. The van der Waals surface area contributed by atoms with E-state index in [-0.39, 0.29) is 11.9 Å². The molecule has 1 rings (SSSR count). The third-order valence-corrected chi connectivity index (χ3v) is 2.77. The lowest BCUT2D eigenvalue weighted by atomic mass is 10.1. The maximum Gasteiger partial charge on any atom is 0.240 e. The molecule has 1 atom stereocenters. The zero-order valence-corrected chi connectivity index (χ0v) is 8.97.